The van der Waals surface area contributed by atoms with E-state index >= 15 is 0 Å². The first-order chi connectivity index (χ1) is 7.67. The summed E-state index contributed by atoms with van der Waals surface area (Å²) >= 11 is 11.1. The van der Waals surface area contributed by atoms with E-state index in [-0.39, 0.29) is 12.4 Å². The Morgan fingerprint density at radius 1 is 1.38 bits per heavy atom. The molecule has 0 aromatic heterocycles. The minimum Gasteiger partial charge on any atom is -0.306 e. The standard InChI is InChI=1S/C9H9Cl2N3O2/c10-5-6-14(13-16)9(15)12-8-3-1-7(11)2-4-8/h1-4H,5-6H2,(H,12,15). The molecule has 0 aliphatic heterocycles. The molecule has 0 aliphatic carbocycles. The molecule has 7 heteroatoms. The Morgan fingerprint density at radius 3 is 2.50 bits per heavy atom. The van der Waals surface area contributed by atoms with E-state index in [1.54, 1.807) is 24.3 Å². The van der Waals surface area contributed by atoms with Crippen LogP contribution in [0.15, 0.2) is 29.6 Å². The Hall–Kier alpha value is -1.33. The fourth-order valence-electron chi connectivity index (χ4n) is 0.981. The molecule has 0 atom stereocenters. The second-order valence-electron chi connectivity index (χ2n) is 2.83. The van der Waals surface area contributed by atoms with Crippen molar-refractivity contribution in [1.29, 1.82) is 0 Å². The van der Waals surface area contributed by atoms with Crippen molar-refractivity contribution in [2.75, 3.05) is 17.7 Å². The Bertz CT molecular complexity index is 370. The predicted octanol–water partition coefficient (Wildman–Crippen LogP) is 3.09. The van der Waals surface area contributed by atoms with Gasteiger partial charge >= 0.3 is 6.03 Å². The van der Waals surface area contributed by atoms with E-state index in [1.165, 1.54) is 0 Å². The second-order valence-corrected chi connectivity index (χ2v) is 3.65. The fourth-order valence-corrected chi connectivity index (χ4v) is 1.27. The van der Waals surface area contributed by atoms with Crippen LogP contribution in [0, 0.1) is 4.91 Å². The highest BCUT2D eigenvalue weighted by molar-refractivity contribution is 6.30. The van der Waals surface area contributed by atoms with Crippen LogP contribution in [-0.4, -0.2) is 23.5 Å². The predicted molar refractivity (Wildman–Crippen MR) is 63.7 cm³/mol. The number of nitrogens with zero attached hydrogens (tertiary/aromatic N) is 2. The van der Waals surface area contributed by atoms with Gasteiger partial charge in [-0.3, -0.25) is 0 Å². The molecule has 2 amide bonds. The average Bonchev–Trinajstić information content (AvgIpc) is 2.29. The number of nitrogens with one attached hydrogen (secondary N) is 1. The summed E-state index contributed by atoms with van der Waals surface area (Å²) < 4.78 is 0. The maximum absolute atomic E-state index is 11.4. The van der Waals surface area contributed by atoms with Gasteiger partial charge in [-0.05, 0) is 24.3 Å². The molecule has 0 spiro atoms. The molecule has 0 fully saturated rings. The number of amides is 2. The average molecular weight is 262 g/mol. The van der Waals surface area contributed by atoms with E-state index in [2.05, 4.69) is 10.6 Å². The molecular formula is C9H9Cl2N3O2. The molecule has 86 valence electrons. The van der Waals surface area contributed by atoms with Gasteiger partial charge in [0.1, 0.15) is 0 Å². The van der Waals surface area contributed by atoms with Crippen molar-refractivity contribution in [3.63, 3.8) is 0 Å². The Balaban J connectivity index is 2.62. The van der Waals surface area contributed by atoms with Gasteiger partial charge in [-0.1, -0.05) is 11.6 Å². The minimum atomic E-state index is -0.627. The lowest BCUT2D eigenvalue weighted by Crippen LogP contribution is -2.31. The third kappa shape index (κ3) is 3.67. The number of halogens is 2. The van der Waals surface area contributed by atoms with Gasteiger partial charge in [-0.15, -0.1) is 16.5 Å². The molecular weight excluding hydrogens is 253 g/mol. The first kappa shape index (κ1) is 12.7. The number of carbonyl (C=O) groups excluding carboxylic acids is 1. The van der Waals surface area contributed by atoms with Gasteiger partial charge in [0.25, 0.3) is 0 Å². The number of rotatable bonds is 4. The van der Waals surface area contributed by atoms with Gasteiger partial charge in [0.15, 0.2) is 0 Å². The summed E-state index contributed by atoms with van der Waals surface area (Å²) in [6.07, 6.45) is 0. The van der Waals surface area contributed by atoms with E-state index in [9.17, 15) is 9.70 Å². The number of carbonyl (C=O) groups is 1. The van der Waals surface area contributed by atoms with Crippen molar-refractivity contribution in [3.8, 4) is 0 Å². The first-order valence-electron chi connectivity index (χ1n) is 4.40. The molecule has 0 aliphatic rings. The summed E-state index contributed by atoms with van der Waals surface area (Å²) in [6.45, 7) is 0.0600. The number of alkyl halides is 1. The molecule has 1 aromatic rings. The summed E-state index contributed by atoms with van der Waals surface area (Å²) in [6, 6.07) is 5.85. The van der Waals surface area contributed by atoms with Crippen LogP contribution in [0.3, 0.4) is 0 Å². The van der Waals surface area contributed by atoms with Crippen LogP contribution in [-0.2, 0) is 0 Å². The molecule has 0 saturated carbocycles. The molecule has 0 unspecified atom stereocenters. The van der Waals surface area contributed by atoms with Gasteiger partial charge in [-0.25, -0.2) is 4.79 Å². The summed E-state index contributed by atoms with van der Waals surface area (Å²) in [4.78, 5) is 21.8. The maximum Gasteiger partial charge on any atom is 0.344 e. The largest absolute Gasteiger partial charge is 0.344 e. The number of hydrogen-bond acceptors (Lipinski definition) is 3. The molecule has 0 heterocycles. The zero-order valence-corrected chi connectivity index (χ0v) is 9.70. The summed E-state index contributed by atoms with van der Waals surface area (Å²) in [5.41, 5.74) is 0.526. The van der Waals surface area contributed by atoms with Gasteiger partial charge < -0.3 is 5.32 Å². The van der Waals surface area contributed by atoms with Crippen molar-refractivity contribution in [3.05, 3.63) is 34.2 Å². The lowest BCUT2D eigenvalue weighted by molar-refractivity contribution is 0.216. The highest BCUT2D eigenvalue weighted by Crippen LogP contribution is 2.13. The fraction of sp³-hybridized carbons (Fsp3) is 0.222. The van der Waals surface area contributed by atoms with Crippen LogP contribution < -0.4 is 5.32 Å². The van der Waals surface area contributed by atoms with Crippen LogP contribution in [0.4, 0.5) is 10.5 Å². The molecule has 0 saturated heterocycles. The summed E-state index contributed by atoms with van der Waals surface area (Å²) in [5.74, 6) is 0.139. The minimum absolute atomic E-state index is 0.0600. The monoisotopic (exact) mass is 261 g/mol. The Morgan fingerprint density at radius 2 is 2.00 bits per heavy atom. The summed E-state index contributed by atoms with van der Waals surface area (Å²) in [7, 11) is 0. The molecule has 1 aromatic carbocycles. The zero-order valence-electron chi connectivity index (χ0n) is 8.19. The van der Waals surface area contributed by atoms with Gasteiger partial charge in [-0.2, -0.15) is 5.01 Å². The number of hydrogen-bond donors (Lipinski definition) is 1. The Kier molecular flexibility index (Phi) is 5.01. The molecule has 0 radical (unpaired) electrons. The number of benzene rings is 1. The van der Waals surface area contributed by atoms with Crippen molar-refractivity contribution < 1.29 is 4.79 Å². The SMILES string of the molecule is O=NN(CCCl)C(=O)Nc1ccc(Cl)cc1. The van der Waals surface area contributed by atoms with Crippen molar-refractivity contribution in [2.24, 2.45) is 5.29 Å². The van der Waals surface area contributed by atoms with Crippen LogP contribution in [0.2, 0.25) is 5.02 Å². The third-order valence-electron chi connectivity index (χ3n) is 1.72. The quantitative estimate of drug-likeness (QED) is 0.514. The van der Waals surface area contributed by atoms with Crippen molar-refractivity contribution >= 4 is 34.9 Å². The van der Waals surface area contributed by atoms with Crippen molar-refractivity contribution in [1.82, 2.24) is 5.01 Å². The first-order valence-corrected chi connectivity index (χ1v) is 5.32. The van der Waals surface area contributed by atoms with Gasteiger partial charge in [0, 0.05) is 16.6 Å². The normalized spacial score (nSPS) is 9.62. The lowest BCUT2D eigenvalue weighted by Gasteiger charge is -2.12. The van der Waals surface area contributed by atoms with E-state index < -0.39 is 6.03 Å². The highest BCUT2D eigenvalue weighted by Gasteiger charge is 2.12. The zero-order chi connectivity index (χ0) is 12.0. The van der Waals surface area contributed by atoms with Crippen LogP contribution in [0.25, 0.3) is 0 Å². The third-order valence-corrected chi connectivity index (χ3v) is 2.15. The molecule has 16 heavy (non-hydrogen) atoms. The van der Waals surface area contributed by atoms with Crippen LogP contribution >= 0.6 is 23.2 Å². The second kappa shape index (κ2) is 6.30. The van der Waals surface area contributed by atoms with E-state index in [4.69, 9.17) is 23.2 Å². The maximum atomic E-state index is 11.4. The number of nitroso groups, excluding NO2 is 1. The topological polar surface area (TPSA) is 61.8 Å². The smallest absolute Gasteiger partial charge is 0.306 e. The van der Waals surface area contributed by atoms with Crippen LogP contribution in [0.5, 0.6) is 0 Å². The van der Waals surface area contributed by atoms with Crippen molar-refractivity contribution in [2.45, 2.75) is 0 Å². The van der Waals surface area contributed by atoms with E-state index in [0.29, 0.717) is 15.7 Å². The summed E-state index contributed by atoms with van der Waals surface area (Å²) in [5, 5.41) is 6.30. The van der Waals surface area contributed by atoms with Gasteiger partial charge in [0.2, 0.25) is 0 Å². The molecule has 5 nitrogen and oxygen atoms in total. The lowest BCUT2D eigenvalue weighted by atomic mass is 10.3. The van der Waals surface area contributed by atoms with E-state index in [0.717, 1.165) is 0 Å². The number of urea groups is 1. The van der Waals surface area contributed by atoms with Crippen LogP contribution in [0.1, 0.15) is 0 Å². The Labute approximate surface area is 102 Å². The van der Waals surface area contributed by atoms with Gasteiger partial charge in [0.05, 0.1) is 11.8 Å². The van der Waals surface area contributed by atoms with E-state index in [1.807, 2.05) is 0 Å². The molecule has 1 rings (SSSR count). The number of anilines is 1. The molecule has 0 bridgehead atoms. The highest BCUT2D eigenvalue weighted by atomic mass is 35.5. The molecule has 1 N–H and O–H groups in total.